The molecule has 0 heterocycles. The van der Waals surface area contributed by atoms with Crippen molar-refractivity contribution in [3.8, 4) is 44.5 Å². The van der Waals surface area contributed by atoms with Crippen molar-refractivity contribution in [3.05, 3.63) is 177 Å². The van der Waals surface area contributed by atoms with E-state index in [-0.39, 0.29) is 21.7 Å². The first-order valence-electron chi connectivity index (χ1n) is 30.0. The second-order valence-corrected chi connectivity index (χ2v) is 60.4. The number of rotatable bonds is 10. The molecule has 0 N–H and O–H groups in total. The molecule has 4 aliphatic carbocycles. The summed E-state index contributed by atoms with van der Waals surface area (Å²) in [5, 5.41) is 0. The van der Waals surface area contributed by atoms with E-state index >= 15 is 0 Å². The average molecular weight is 1100 g/mol. The van der Waals surface area contributed by atoms with Gasteiger partial charge >= 0.3 is 468 Å². The van der Waals surface area contributed by atoms with E-state index in [1.54, 1.807) is 22.3 Å². The summed E-state index contributed by atoms with van der Waals surface area (Å²) < 4.78 is 6.72. The van der Waals surface area contributed by atoms with Crippen molar-refractivity contribution in [1.29, 1.82) is 0 Å². The molecule has 2 atom stereocenters. The fourth-order valence-electron chi connectivity index (χ4n) is 14.9. The predicted octanol–water partition coefficient (Wildman–Crippen LogP) is 21.4. The molecule has 2 saturated carbocycles. The first-order valence-corrected chi connectivity index (χ1v) is 43.7. The van der Waals surface area contributed by atoms with Gasteiger partial charge in [0.25, 0.3) is 0 Å². The van der Waals surface area contributed by atoms with Crippen LogP contribution in [0.5, 0.6) is 0 Å². The van der Waals surface area contributed by atoms with Crippen LogP contribution in [-0.4, -0.2) is 6.88 Å². The Balaban J connectivity index is 1.26. The summed E-state index contributed by atoms with van der Waals surface area (Å²) in [6, 6.07) is 49.2. The molecule has 2 fully saturated rings. The Kier molecular flexibility index (Phi) is 14.9. The Hall–Kier alpha value is -4.10. The van der Waals surface area contributed by atoms with E-state index in [0.717, 1.165) is 11.8 Å². The summed E-state index contributed by atoms with van der Waals surface area (Å²) >= 11 is -4.41. The van der Waals surface area contributed by atoms with Gasteiger partial charge in [-0.2, -0.15) is 0 Å². The molecule has 2 heteroatoms. The first-order chi connectivity index (χ1) is 35.7. The average Bonchev–Trinajstić information content (AvgIpc) is 4.11. The molecule has 0 aromatic heterocycles. The second kappa shape index (κ2) is 20.5. The molecular formula is C74H94SiZr. The van der Waals surface area contributed by atoms with E-state index in [4.69, 9.17) is 0 Å². The van der Waals surface area contributed by atoms with Gasteiger partial charge in [0.1, 0.15) is 0 Å². The van der Waals surface area contributed by atoms with Gasteiger partial charge in [0, 0.05) is 0 Å². The van der Waals surface area contributed by atoms with E-state index in [0.29, 0.717) is 7.25 Å². The van der Waals surface area contributed by atoms with Crippen LogP contribution in [0.25, 0.3) is 56.7 Å². The molecule has 76 heavy (non-hydrogen) atoms. The zero-order chi connectivity index (χ0) is 54.2. The van der Waals surface area contributed by atoms with Gasteiger partial charge in [-0.3, -0.25) is 0 Å². The maximum atomic E-state index is 2.97. The molecule has 0 aliphatic heterocycles. The predicted molar refractivity (Wildman–Crippen MR) is 334 cm³/mol. The molecule has 0 bridgehead atoms. The van der Waals surface area contributed by atoms with Crippen LogP contribution in [0.2, 0.25) is 9.26 Å². The van der Waals surface area contributed by atoms with E-state index in [1.807, 2.05) is 0 Å². The summed E-state index contributed by atoms with van der Waals surface area (Å²) in [6.07, 6.45) is 21.8. The quantitative estimate of drug-likeness (QED) is 0.120. The standard InChI is InChI=1S/2C36H43.2CH3.H2Si.Zr/c2*1-35(2,3)29-16-12-27(13-17-29)31-20-21-32(28-14-18-30(19-15-28)36(4,5)6)34-24-26(23-33(31)34)22-25-10-8-7-9-11-25;;;;/h2*12-21,23-25H,7-11,22H2,1-6H3;2*1H3;1H2;. The zero-order valence-electron chi connectivity index (χ0n) is 49.7. The minimum atomic E-state index is -4.41. The maximum absolute atomic E-state index is 4.41. The third kappa shape index (κ3) is 11.0. The van der Waals surface area contributed by atoms with Gasteiger partial charge in [0.05, 0.1) is 0 Å². The van der Waals surface area contributed by atoms with Crippen LogP contribution in [0.4, 0.5) is 0 Å². The summed E-state index contributed by atoms with van der Waals surface area (Å²) in [6.45, 7) is 30.8. The zero-order valence-corrected chi connectivity index (χ0v) is 53.6. The van der Waals surface area contributed by atoms with Gasteiger partial charge in [0.15, 0.2) is 0 Å². The SMILES string of the molecule is CC(C)(C)c1ccc(-c2ccc(-c3ccc(C(C)(C)C)cc3)c3c2C=C(CC2CCCCC2)[CH]3[Zr]([CH3])([CH3])(=[SiH2])[CH]2C(CC3CCCCC3)=Cc3c(-c4ccc(C(C)(C)C)cc4)ccc(-c4ccc(C(C)(C)C)cc4)c32)cc1. The number of hydrogen-bond acceptors (Lipinski definition) is 0. The van der Waals surface area contributed by atoms with E-state index in [1.165, 1.54) is 155 Å². The van der Waals surface area contributed by atoms with Gasteiger partial charge < -0.3 is 0 Å². The van der Waals surface area contributed by atoms with Crippen LogP contribution >= 0.6 is 0 Å². The molecular weight excluding hydrogens is 1010 g/mol. The van der Waals surface area contributed by atoms with Crippen LogP contribution in [0, 0.1) is 11.8 Å². The van der Waals surface area contributed by atoms with Crippen molar-refractivity contribution in [3.63, 3.8) is 0 Å². The van der Waals surface area contributed by atoms with Gasteiger partial charge in [-0.1, -0.05) is 0 Å². The molecule has 6 aromatic carbocycles. The molecule has 0 saturated heterocycles. The van der Waals surface area contributed by atoms with E-state index in [9.17, 15) is 0 Å². The molecule has 0 radical (unpaired) electrons. The van der Waals surface area contributed by atoms with Crippen LogP contribution in [0.1, 0.15) is 212 Å². The number of benzene rings is 6. The van der Waals surface area contributed by atoms with Crippen molar-refractivity contribution in [2.45, 2.75) is 198 Å². The summed E-state index contributed by atoms with van der Waals surface area (Å²) in [7, 11) is 0. The minimum absolute atomic E-state index is 0.0863. The van der Waals surface area contributed by atoms with E-state index < -0.39 is 17.4 Å². The third-order valence-corrected chi connectivity index (χ3v) is 36.6. The van der Waals surface area contributed by atoms with Crippen molar-refractivity contribution < 1.29 is 17.4 Å². The Morgan fingerprint density at radius 3 is 0.868 bits per heavy atom. The second-order valence-electron chi connectivity index (χ2n) is 29.9. The van der Waals surface area contributed by atoms with Crippen LogP contribution in [0.3, 0.4) is 0 Å². The van der Waals surface area contributed by atoms with Crippen molar-refractivity contribution >= 4 is 19.0 Å². The van der Waals surface area contributed by atoms with Crippen molar-refractivity contribution in [1.82, 2.24) is 0 Å². The normalized spacial score (nSPS) is 19.1. The van der Waals surface area contributed by atoms with Crippen molar-refractivity contribution in [2.75, 3.05) is 0 Å². The Morgan fingerprint density at radius 1 is 0.355 bits per heavy atom. The van der Waals surface area contributed by atoms with Gasteiger partial charge in [-0.25, -0.2) is 0 Å². The summed E-state index contributed by atoms with van der Waals surface area (Å²) in [4.78, 5) is 0. The Morgan fingerprint density at radius 2 is 0.605 bits per heavy atom. The number of allylic oxidation sites excluding steroid dienone is 2. The van der Waals surface area contributed by atoms with Gasteiger partial charge in [0.2, 0.25) is 0 Å². The summed E-state index contributed by atoms with van der Waals surface area (Å²) in [5.41, 5.74) is 27.0. The molecule has 0 spiro atoms. The monoisotopic (exact) mass is 1100 g/mol. The molecule has 398 valence electrons. The molecule has 0 amide bonds. The molecule has 6 aromatic rings. The molecule has 2 unspecified atom stereocenters. The fourth-order valence-corrected chi connectivity index (χ4v) is 34.4. The third-order valence-electron chi connectivity index (χ3n) is 19.2. The molecule has 10 rings (SSSR count). The Bertz CT molecular complexity index is 3000. The van der Waals surface area contributed by atoms with Crippen LogP contribution in [0.15, 0.2) is 132 Å². The Labute approximate surface area is 464 Å². The molecule has 4 aliphatic rings. The van der Waals surface area contributed by atoms with Crippen molar-refractivity contribution in [2.24, 2.45) is 11.8 Å². The number of hydrogen-bond donors (Lipinski definition) is 0. The first kappa shape index (κ1) is 55.2. The van der Waals surface area contributed by atoms with Gasteiger partial charge in [-0.05, 0) is 0 Å². The summed E-state index contributed by atoms with van der Waals surface area (Å²) in [5.74, 6) is 1.48. The molecule has 0 nitrogen and oxygen atoms in total. The van der Waals surface area contributed by atoms with Crippen LogP contribution < -0.4 is 0 Å². The number of fused-ring (bicyclic) bond motifs is 2. The van der Waals surface area contributed by atoms with Gasteiger partial charge in [-0.15, -0.1) is 0 Å². The van der Waals surface area contributed by atoms with Crippen LogP contribution in [-0.2, 0) is 39.1 Å². The topological polar surface area (TPSA) is 0 Å². The fraction of sp³-hybridized carbons (Fsp3) is 0.459. The van der Waals surface area contributed by atoms with E-state index in [2.05, 4.69) is 233 Å².